The van der Waals surface area contributed by atoms with Crippen LogP contribution in [-0.4, -0.2) is 24.3 Å². The highest BCUT2D eigenvalue weighted by Gasteiger charge is 2.41. The number of hydrogen-bond acceptors (Lipinski definition) is 4. The first kappa shape index (κ1) is 23.2. The van der Waals surface area contributed by atoms with Gasteiger partial charge in [-0.05, 0) is 43.6 Å². The second kappa shape index (κ2) is 9.17. The van der Waals surface area contributed by atoms with Gasteiger partial charge < -0.3 is 9.84 Å². The summed E-state index contributed by atoms with van der Waals surface area (Å²) in [5.41, 5.74) is 1.98. The third kappa shape index (κ3) is 4.42. The Bertz CT molecular complexity index is 868. The Morgan fingerprint density at radius 3 is 2.62 bits per heavy atom. The lowest BCUT2D eigenvalue weighted by Crippen LogP contribution is -2.40. The number of methoxy groups -OCH3 is 1. The molecule has 1 N–H and O–H groups in total. The van der Waals surface area contributed by atoms with E-state index in [1.807, 2.05) is 26.0 Å². The molecule has 0 bridgehead atoms. The number of Topliss-reactive ketones (excluding diaryl/α,β-unsaturated/α-hetero) is 1. The molecule has 29 heavy (non-hydrogen) atoms. The van der Waals surface area contributed by atoms with Gasteiger partial charge in [-0.1, -0.05) is 56.2 Å². The maximum Gasteiger partial charge on any atom is 0.154 e. The van der Waals surface area contributed by atoms with Crippen molar-refractivity contribution in [2.45, 2.75) is 53.9 Å². The molecule has 0 unspecified atom stereocenters. The van der Waals surface area contributed by atoms with Gasteiger partial charge in [0.25, 0.3) is 0 Å². The number of rotatable bonds is 6. The minimum atomic E-state index is -0.178. The molecule has 3 atom stereocenters. The third-order valence-corrected chi connectivity index (χ3v) is 7.16. The Kier molecular flexibility index (Phi) is 7.34. The maximum atomic E-state index is 12.2. The zero-order chi connectivity index (χ0) is 21.9. The van der Waals surface area contributed by atoms with E-state index in [-0.39, 0.29) is 22.6 Å². The molecule has 1 aliphatic rings. The van der Waals surface area contributed by atoms with E-state index in [1.165, 1.54) is 7.11 Å². The van der Waals surface area contributed by atoms with Crippen molar-refractivity contribution in [3.8, 4) is 11.5 Å². The molecule has 0 aromatic heterocycles. The summed E-state index contributed by atoms with van der Waals surface area (Å²) in [5.74, 6) is 1.02. The molecule has 4 nitrogen and oxygen atoms in total. The van der Waals surface area contributed by atoms with Gasteiger partial charge in [0.05, 0.1) is 17.7 Å². The van der Waals surface area contributed by atoms with E-state index in [4.69, 9.17) is 16.3 Å². The quantitative estimate of drug-likeness (QED) is 0.464. The lowest BCUT2D eigenvalue weighted by Gasteiger charge is -2.42. The van der Waals surface area contributed by atoms with Crippen LogP contribution in [0.25, 0.3) is 0 Å². The third-order valence-electron chi connectivity index (χ3n) is 6.70. The number of aromatic hydroxyl groups is 1. The largest absolute Gasteiger partial charge is 0.507 e. The van der Waals surface area contributed by atoms with Gasteiger partial charge in [-0.2, -0.15) is 0 Å². The van der Waals surface area contributed by atoms with Crippen LogP contribution in [0.4, 0.5) is 0 Å². The van der Waals surface area contributed by atoms with Gasteiger partial charge in [0.2, 0.25) is 0 Å². The summed E-state index contributed by atoms with van der Waals surface area (Å²) in [7, 11) is 1.49. The number of phenols is 1. The van der Waals surface area contributed by atoms with Gasteiger partial charge in [-0.15, -0.1) is 0 Å². The first-order chi connectivity index (χ1) is 13.6. The molecule has 0 spiro atoms. The fourth-order valence-electron chi connectivity index (χ4n) is 4.03. The lowest BCUT2D eigenvalue weighted by atomic mass is 9.61. The molecule has 1 aromatic carbocycles. The number of ketones is 1. The molecule has 1 aromatic rings. The van der Waals surface area contributed by atoms with E-state index < -0.39 is 0 Å². The molecule has 0 amide bonds. The van der Waals surface area contributed by atoms with Crippen molar-refractivity contribution in [2.24, 2.45) is 17.3 Å². The van der Waals surface area contributed by atoms with E-state index in [2.05, 4.69) is 19.9 Å². The molecule has 158 valence electrons. The molecule has 5 heteroatoms. The fourth-order valence-corrected chi connectivity index (χ4v) is 4.32. The minimum Gasteiger partial charge on any atom is -0.507 e. The number of ether oxygens (including phenoxy) is 1. The first-order valence-corrected chi connectivity index (χ1v) is 10.4. The van der Waals surface area contributed by atoms with Crippen LogP contribution >= 0.6 is 11.6 Å². The van der Waals surface area contributed by atoms with Crippen molar-refractivity contribution in [1.29, 1.82) is 0 Å². The number of aldehydes is 1. The van der Waals surface area contributed by atoms with Crippen molar-refractivity contribution in [3.05, 3.63) is 45.5 Å². The zero-order valence-corrected chi connectivity index (χ0v) is 18.9. The second-order valence-electron chi connectivity index (χ2n) is 8.31. The highest BCUT2D eigenvalue weighted by molar-refractivity contribution is 6.33. The number of benzene rings is 1. The molecule has 0 saturated heterocycles. The summed E-state index contributed by atoms with van der Waals surface area (Å²) < 4.78 is 5.39. The maximum absolute atomic E-state index is 12.2. The predicted octanol–water partition coefficient (Wildman–Crippen LogP) is 5.86. The molecular formula is C24H31ClO4. The fraction of sp³-hybridized carbons (Fsp3) is 0.500. The SMILES string of the molecule is COc1c(Cl)c(C)c(C=O)c(O)c1C/C=C(C)/C=C/[C@]1(C)[C@H](C)C(=O)CC[C@@H]1C. The van der Waals surface area contributed by atoms with E-state index in [9.17, 15) is 14.7 Å². The summed E-state index contributed by atoms with van der Waals surface area (Å²) in [6.07, 6.45) is 8.68. The molecule has 1 aliphatic carbocycles. The van der Waals surface area contributed by atoms with Crippen molar-refractivity contribution >= 4 is 23.7 Å². The summed E-state index contributed by atoms with van der Waals surface area (Å²) in [6.45, 7) is 10.0. The van der Waals surface area contributed by atoms with Crippen LogP contribution in [-0.2, 0) is 11.2 Å². The average molecular weight is 419 g/mol. The molecule has 0 aliphatic heterocycles. The second-order valence-corrected chi connectivity index (χ2v) is 8.69. The topological polar surface area (TPSA) is 63.6 Å². The van der Waals surface area contributed by atoms with Crippen LogP contribution in [0.1, 0.15) is 62.0 Å². The van der Waals surface area contributed by atoms with E-state index in [0.717, 1.165) is 12.0 Å². The Labute approximate surface area is 178 Å². The van der Waals surface area contributed by atoms with Gasteiger partial charge in [-0.3, -0.25) is 9.59 Å². The molecule has 1 fully saturated rings. The number of allylic oxidation sites excluding steroid dienone is 4. The number of phenolic OH excluding ortho intramolecular Hbond substituents is 1. The van der Waals surface area contributed by atoms with Crippen LogP contribution in [0.15, 0.2) is 23.8 Å². The van der Waals surface area contributed by atoms with E-state index >= 15 is 0 Å². The van der Waals surface area contributed by atoms with Crippen LogP contribution < -0.4 is 4.74 Å². The van der Waals surface area contributed by atoms with Gasteiger partial charge in [0.15, 0.2) is 6.29 Å². The normalized spacial score (nSPS) is 25.5. The molecule has 0 radical (unpaired) electrons. The standard InChI is InChI=1S/C24H31ClO4/c1-14(11-12-24(5)15(2)8-10-20(27)17(24)4)7-9-18-22(28)19(13-26)16(3)21(25)23(18)29-6/h7,11-13,15,17,28H,8-10H2,1-6H3/b12-11+,14-7+/t15-,17+,24-/m0/s1. The Morgan fingerprint density at radius 2 is 2.03 bits per heavy atom. The zero-order valence-electron chi connectivity index (χ0n) is 18.1. The molecule has 2 rings (SSSR count). The number of carbonyl (C=O) groups is 2. The van der Waals surface area contributed by atoms with Crippen LogP contribution in [0.5, 0.6) is 11.5 Å². The molecule has 0 heterocycles. The van der Waals surface area contributed by atoms with Crippen LogP contribution in [0.2, 0.25) is 5.02 Å². The summed E-state index contributed by atoms with van der Waals surface area (Å²) in [4.78, 5) is 23.6. The Hall–Kier alpha value is -2.07. The van der Waals surface area contributed by atoms with Gasteiger partial charge >= 0.3 is 0 Å². The Balaban J connectivity index is 2.33. The molecule has 1 saturated carbocycles. The number of halogens is 1. The van der Waals surface area contributed by atoms with Gasteiger partial charge in [0, 0.05) is 17.9 Å². The van der Waals surface area contributed by atoms with Crippen LogP contribution in [0.3, 0.4) is 0 Å². The predicted molar refractivity (Wildman–Crippen MR) is 117 cm³/mol. The van der Waals surface area contributed by atoms with Crippen molar-refractivity contribution in [3.63, 3.8) is 0 Å². The van der Waals surface area contributed by atoms with Gasteiger partial charge in [-0.25, -0.2) is 0 Å². The smallest absolute Gasteiger partial charge is 0.154 e. The Morgan fingerprint density at radius 1 is 1.38 bits per heavy atom. The van der Waals surface area contributed by atoms with Gasteiger partial charge in [0.1, 0.15) is 17.3 Å². The highest BCUT2D eigenvalue weighted by Crippen LogP contribution is 2.45. The number of hydrogen-bond donors (Lipinski definition) is 1. The summed E-state index contributed by atoms with van der Waals surface area (Å²) in [6, 6.07) is 0. The van der Waals surface area contributed by atoms with Crippen molar-refractivity contribution in [2.75, 3.05) is 7.11 Å². The number of carbonyl (C=O) groups excluding carboxylic acids is 2. The highest BCUT2D eigenvalue weighted by atomic mass is 35.5. The average Bonchev–Trinajstić information content (AvgIpc) is 2.70. The summed E-state index contributed by atoms with van der Waals surface area (Å²) >= 11 is 6.33. The van der Waals surface area contributed by atoms with E-state index in [1.54, 1.807) is 6.92 Å². The van der Waals surface area contributed by atoms with Crippen molar-refractivity contribution in [1.82, 2.24) is 0 Å². The lowest BCUT2D eigenvalue weighted by molar-refractivity contribution is -0.129. The van der Waals surface area contributed by atoms with Crippen LogP contribution in [0, 0.1) is 24.2 Å². The first-order valence-electron chi connectivity index (χ1n) is 10.00. The minimum absolute atomic E-state index is 0.00880. The molecular weight excluding hydrogens is 388 g/mol. The van der Waals surface area contributed by atoms with E-state index in [0.29, 0.717) is 52.7 Å². The summed E-state index contributed by atoms with van der Waals surface area (Å²) in [5, 5.41) is 10.9. The van der Waals surface area contributed by atoms with Crippen molar-refractivity contribution < 1.29 is 19.4 Å². The monoisotopic (exact) mass is 418 g/mol.